The summed E-state index contributed by atoms with van der Waals surface area (Å²) >= 11 is 7.34. The van der Waals surface area contributed by atoms with Crippen molar-refractivity contribution in [2.45, 2.75) is 17.9 Å². The van der Waals surface area contributed by atoms with Crippen molar-refractivity contribution in [3.63, 3.8) is 0 Å². The van der Waals surface area contributed by atoms with Crippen LogP contribution in [-0.2, 0) is 10.0 Å². The number of hydrogen-bond donors (Lipinski definition) is 3. The highest BCUT2D eigenvalue weighted by molar-refractivity contribution is 7.89. The van der Waals surface area contributed by atoms with Gasteiger partial charge in [-0.1, -0.05) is 17.7 Å². The molecule has 0 radical (unpaired) electrons. The molecule has 5 N–H and O–H groups in total. The minimum Gasteiger partial charge on any atom is -0.396 e. The Bertz CT molecular complexity index is 728. The van der Waals surface area contributed by atoms with E-state index in [0.717, 1.165) is 4.88 Å². The van der Waals surface area contributed by atoms with Gasteiger partial charge in [0.15, 0.2) is 0 Å². The number of thiophene rings is 1. The fourth-order valence-corrected chi connectivity index (χ4v) is 3.53. The minimum absolute atomic E-state index is 0.0504. The molecule has 1 heterocycles. The van der Waals surface area contributed by atoms with E-state index in [9.17, 15) is 8.42 Å². The van der Waals surface area contributed by atoms with Gasteiger partial charge in [0.2, 0.25) is 10.0 Å². The van der Waals surface area contributed by atoms with Crippen LogP contribution in [0.3, 0.4) is 0 Å². The van der Waals surface area contributed by atoms with Gasteiger partial charge in [-0.25, -0.2) is 13.6 Å². The van der Waals surface area contributed by atoms with E-state index in [0.29, 0.717) is 10.0 Å². The maximum atomic E-state index is 11.4. The van der Waals surface area contributed by atoms with Crippen LogP contribution in [0, 0.1) is 0 Å². The van der Waals surface area contributed by atoms with Gasteiger partial charge in [0, 0.05) is 4.88 Å². The molecule has 0 saturated carbocycles. The fourth-order valence-electron chi connectivity index (χ4n) is 1.78. The van der Waals surface area contributed by atoms with Crippen LogP contribution in [-0.4, -0.2) is 8.42 Å². The Morgan fingerprint density at radius 2 is 2.00 bits per heavy atom. The van der Waals surface area contributed by atoms with Crippen LogP contribution in [0.4, 0.5) is 11.4 Å². The van der Waals surface area contributed by atoms with Crippen molar-refractivity contribution >= 4 is 44.3 Å². The van der Waals surface area contributed by atoms with E-state index in [-0.39, 0.29) is 16.6 Å². The third kappa shape index (κ3) is 3.24. The van der Waals surface area contributed by atoms with Crippen molar-refractivity contribution in [1.29, 1.82) is 0 Å². The second-order valence-electron chi connectivity index (χ2n) is 4.27. The molecule has 0 aliphatic heterocycles. The molecular formula is C12H14ClN3O2S2. The molecule has 1 aromatic heterocycles. The molecule has 2 aromatic rings. The summed E-state index contributed by atoms with van der Waals surface area (Å²) in [5, 5.41) is 8.28. The molecule has 0 spiro atoms. The maximum Gasteiger partial charge on any atom is 0.240 e. The van der Waals surface area contributed by atoms with Crippen molar-refractivity contribution in [3.8, 4) is 0 Å². The lowest BCUT2D eigenvalue weighted by molar-refractivity contribution is 0.598. The van der Waals surface area contributed by atoms with Gasteiger partial charge in [-0.3, -0.25) is 0 Å². The molecule has 1 aromatic carbocycles. The van der Waals surface area contributed by atoms with Gasteiger partial charge in [-0.15, -0.1) is 11.3 Å². The Hall–Kier alpha value is -1.28. The van der Waals surface area contributed by atoms with Crippen molar-refractivity contribution < 1.29 is 8.42 Å². The van der Waals surface area contributed by atoms with E-state index in [1.165, 1.54) is 17.4 Å². The number of halogens is 1. The van der Waals surface area contributed by atoms with Gasteiger partial charge in [-0.2, -0.15) is 0 Å². The molecule has 1 atom stereocenters. The molecule has 0 amide bonds. The average molecular weight is 332 g/mol. The van der Waals surface area contributed by atoms with E-state index < -0.39 is 10.0 Å². The number of nitrogens with two attached hydrogens (primary N) is 2. The molecule has 0 saturated heterocycles. The molecule has 0 aliphatic carbocycles. The molecule has 0 fully saturated rings. The number of primary sulfonamides is 1. The summed E-state index contributed by atoms with van der Waals surface area (Å²) in [4.78, 5) is 0.939. The van der Waals surface area contributed by atoms with Crippen molar-refractivity contribution in [3.05, 3.63) is 39.5 Å². The smallest absolute Gasteiger partial charge is 0.240 e. The first-order valence-electron chi connectivity index (χ1n) is 5.72. The van der Waals surface area contributed by atoms with Gasteiger partial charge in [0.25, 0.3) is 0 Å². The number of rotatable bonds is 4. The van der Waals surface area contributed by atoms with E-state index in [4.69, 9.17) is 22.5 Å². The molecule has 0 bridgehead atoms. The molecule has 2 rings (SSSR count). The highest BCUT2D eigenvalue weighted by Crippen LogP contribution is 2.32. The maximum absolute atomic E-state index is 11.4. The highest BCUT2D eigenvalue weighted by atomic mass is 35.5. The lowest BCUT2D eigenvalue weighted by Gasteiger charge is -2.16. The summed E-state index contributed by atoms with van der Waals surface area (Å²) in [7, 11) is -3.84. The minimum atomic E-state index is -3.84. The number of para-hydroxylation sites is 1. The molecule has 20 heavy (non-hydrogen) atoms. The van der Waals surface area contributed by atoms with E-state index in [1.54, 1.807) is 12.1 Å². The largest absolute Gasteiger partial charge is 0.396 e. The standard InChI is InChI=1S/C12H14ClN3O2S2/c1-7(9-5-6-11(13)19-9)16-8-3-2-4-10(12(8)14)20(15,17)18/h2-7,16H,14H2,1H3,(H2,15,17,18). The van der Waals surface area contributed by atoms with Crippen LogP contribution >= 0.6 is 22.9 Å². The number of nitrogens with one attached hydrogen (secondary N) is 1. The quantitative estimate of drug-likeness (QED) is 0.750. The third-order valence-corrected chi connectivity index (χ3v) is 5.15. The second kappa shape index (κ2) is 5.61. The Kier molecular flexibility index (Phi) is 4.24. The zero-order valence-corrected chi connectivity index (χ0v) is 13.0. The molecular weight excluding hydrogens is 318 g/mol. The van der Waals surface area contributed by atoms with E-state index >= 15 is 0 Å². The lowest BCUT2D eigenvalue weighted by atomic mass is 10.2. The van der Waals surface area contributed by atoms with Crippen molar-refractivity contribution in [2.24, 2.45) is 5.14 Å². The first kappa shape index (κ1) is 15.1. The number of benzene rings is 1. The van der Waals surface area contributed by atoms with Crippen LogP contribution in [0.15, 0.2) is 35.2 Å². The van der Waals surface area contributed by atoms with Gasteiger partial charge < -0.3 is 11.1 Å². The number of nitrogen functional groups attached to an aromatic ring is 1. The topological polar surface area (TPSA) is 98.2 Å². The van der Waals surface area contributed by atoms with Crippen LogP contribution in [0.5, 0.6) is 0 Å². The summed E-state index contributed by atoms with van der Waals surface area (Å²) in [6, 6.07) is 8.34. The summed E-state index contributed by atoms with van der Waals surface area (Å²) in [6.45, 7) is 1.94. The predicted molar refractivity (Wildman–Crippen MR) is 83.6 cm³/mol. The zero-order chi connectivity index (χ0) is 14.9. The second-order valence-corrected chi connectivity index (χ2v) is 7.55. The van der Waals surface area contributed by atoms with Gasteiger partial charge in [-0.05, 0) is 31.2 Å². The molecule has 5 nitrogen and oxygen atoms in total. The first-order chi connectivity index (χ1) is 9.29. The van der Waals surface area contributed by atoms with Gasteiger partial charge in [0.05, 0.1) is 21.8 Å². The predicted octanol–water partition coefficient (Wildman–Crippen LogP) is 2.80. The summed E-state index contributed by atoms with van der Waals surface area (Å²) < 4.78 is 23.5. The molecule has 8 heteroatoms. The SMILES string of the molecule is CC(Nc1cccc(S(N)(=O)=O)c1N)c1ccc(Cl)s1. The monoisotopic (exact) mass is 331 g/mol. The average Bonchev–Trinajstić information content (AvgIpc) is 2.77. The summed E-state index contributed by atoms with van der Waals surface area (Å²) in [5.74, 6) is 0. The Morgan fingerprint density at radius 1 is 1.30 bits per heavy atom. The number of sulfonamides is 1. The van der Waals surface area contributed by atoms with Gasteiger partial charge in [0.1, 0.15) is 4.90 Å². The van der Waals surface area contributed by atoms with Crippen molar-refractivity contribution in [1.82, 2.24) is 0 Å². The van der Waals surface area contributed by atoms with Crippen LogP contribution in [0.25, 0.3) is 0 Å². The third-order valence-electron chi connectivity index (χ3n) is 2.77. The van der Waals surface area contributed by atoms with Crippen LogP contribution in [0.1, 0.15) is 17.8 Å². The summed E-state index contributed by atoms with van der Waals surface area (Å²) in [5.41, 5.74) is 6.49. The van der Waals surface area contributed by atoms with Crippen molar-refractivity contribution in [2.75, 3.05) is 11.1 Å². The lowest BCUT2D eigenvalue weighted by Crippen LogP contribution is -2.16. The molecule has 1 unspecified atom stereocenters. The Morgan fingerprint density at radius 3 is 2.55 bits per heavy atom. The van der Waals surface area contributed by atoms with E-state index in [2.05, 4.69) is 5.32 Å². The summed E-state index contributed by atoms with van der Waals surface area (Å²) in [6.07, 6.45) is 0. The normalized spacial score (nSPS) is 13.2. The Labute approximate surface area is 126 Å². The van der Waals surface area contributed by atoms with E-state index in [1.807, 2.05) is 19.1 Å². The van der Waals surface area contributed by atoms with Crippen LogP contribution < -0.4 is 16.2 Å². The number of hydrogen-bond acceptors (Lipinski definition) is 5. The zero-order valence-electron chi connectivity index (χ0n) is 10.6. The van der Waals surface area contributed by atoms with Crippen LogP contribution in [0.2, 0.25) is 4.34 Å². The first-order valence-corrected chi connectivity index (χ1v) is 8.46. The fraction of sp³-hybridized carbons (Fsp3) is 0.167. The number of anilines is 2. The molecule has 108 valence electrons. The van der Waals surface area contributed by atoms with Gasteiger partial charge >= 0.3 is 0 Å². The highest BCUT2D eigenvalue weighted by Gasteiger charge is 2.16. The Balaban J connectivity index is 2.31. The molecule has 0 aliphatic rings.